The van der Waals surface area contributed by atoms with Crippen LogP contribution in [0.25, 0.3) is 0 Å². The molecule has 0 saturated carbocycles. The number of carbonyl (C=O) groups is 2. The van der Waals surface area contributed by atoms with Gasteiger partial charge in [0.15, 0.2) is 0 Å². The van der Waals surface area contributed by atoms with Crippen LogP contribution in [0.15, 0.2) is 12.3 Å². The number of aryl methyl sites for hydroxylation is 2. The van der Waals surface area contributed by atoms with Crippen molar-refractivity contribution in [1.82, 2.24) is 10.2 Å². The van der Waals surface area contributed by atoms with Crippen molar-refractivity contribution >= 4 is 28.2 Å². The number of hydrogen-bond donors (Lipinski definition) is 3. The van der Waals surface area contributed by atoms with Gasteiger partial charge < -0.3 is 10.4 Å². The number of aromatic nitrogens is 2. The highest BCUT2D eigenvalue weighted by atomic mass is 32.1. The summed E-state index contributed by atoms with van der Waals surface area (Å²) in [7, 11) is 0. The lowest BCUT2D eigenvalue weighted by Crippen LogP contribution is -2.13. The Kier molecular flexibility index (Phi) is 3.66. The number of nitrogens with zero attached hydrogens (tertiary/aromatic N) is 1. The number of H-pyrrole nitrogens is 1. The molecular formula is C12H13N3O3S. The first-order valence-corrected chi connectivity index (χ1v) is 6.52. The molecule has 0 aliphatic heterocycles. The van der Waals surface area contributed by atoms with E-state index in [4.69, 9.17) is 5.11 Å². The molecule has 0 aromatic carbocycles. The summed E-state index contributed by atoms with van der Waals surface area (Å²) in [6, 6.07) is 1.59. The van der Waals surface area contributed by atoms with E-state index in [0.29, 0.717) is 16.3 Å². The predicted molar refractivity (Wildman–Crippen MR) is 71.9 cm³/mol. The minimum absolute atomic E-state index is 0.122. The van der Waals surface area contributed by atoms with E-state index < -0.39 is 5.97 Å². The third-order valence-corrected chi connectivity index (χ3v) is 3.86. The van der Waals surface area contributed by atoms with Crippen molar-refractivity contribution in [2.24, 2.45) is 0 Å². The first kappa shape index (κ1) is 13.3. The Hall–Kier alpha value is -2.15. The van der Waals surface area contributed by atoms with Gasteiger partial charge in [-0.05, 0) is 19.4 Å². The van der Waals surface area contributed by atoms with Crippen LogP contribution in [-0.4, -0.2) is 27.2 Å². The molecule has 2 aromatic heterocycles. The number of rotatable bonds is 4. The zero-order valence-corrected chi connectivity index (χ0v) is 11.3. The second kappa shape index (κ2) is 5.23. The van der Waals surface area contributed by atoms with Crippen molar-refractivity contribution in [2.75, 3.05) is 5.32 Å². The van der Waals surface area contributed by atoms with E-state index in [2.05, 4.69) is 15.5 Å². The quantitative estimate of drug-likeness (QED) is 0.800. The van der Waals surface area contributed by atoms with Crippen molar-refractivity contribution in [3.05, 3.63) is 34.0 Å². The van der Waals surface area contributed by atoms with E-state index in [-0.39, 0.29) is 11.5 Å². The highest BCUT2D eigenvalue weighted by molar-refractivity contribution is 7.16. The summed E-state index contributed by atoms with van der Waals surface area (Å²) in [6.07, 6.45) is 2.14. The van der Waals surface area contributed by atoms with Gasteiger partial charge in [-0.25, -0.2) is 4.79 Å². The SMILES string of the molecule is CCc1cc(C(=O)O)c(NC(=O)c2cn[nH]c2C)s1. The summed E-state index contributed by atoms with van der Waals surface area (Å²) >= 11 is 1.28. The highest BCUT2D eigenvalue weighted by Gasteiger charge is 2.18. The van der Waals surface area contributed by atoms with Crippen molar-refractivity contribution in [1.29, 1.82) is 0 Å². The number of nitrogens with one attached hydrogen (secondary N) is 2. The third-order valence-electron chi connectivity index (χ3n) is 2.66. The van der Waals surface area contributed by atoms with Gasteiger partial charge in [0, 0.05) is 10.6 Å². The van der Waals surface area contributed by atoms with Crippen LogP contribution in [0.1, 0.15) is 38.2 Å². The van der Waals surface area contributed by atoms with E-state index >= 15 is 0 Å². The predicted octanol–water partition coefficient (Wildman–Crippen LogP) is 2.29. The van der Waals surface area contributed by atoms with Crippen LogP contribution in [-0.2, 0) is 6.42 Å². The molecule has 0 atom stereocenters. The van der Waals surface area contributed by atoms with Gasteiger partial charge in [0.25, 0.3) is 5.91 Å². The first-order chi connectivity index (χ1) is 9.02. The zero-order valence-electron chi connectivity index (χ0n) is 10.5. The van der Waals surface area contributed by atoms with E-state index in [0.717, 1.165) is 11.3 Å². The maximum atomic E-state index is 12.0. The molecule has 2 heterocycles. The summed E-state index contributed by atoms with van der Waals surface area (Å²) in [6.45, 7) is 3.66. The molecule has 6 nitrogen and oxygen atoms in total. The number of hydrogen-bond acceptors (Lipinski definition) is 4. The molecule has 0 unspecified atom stereocenters. The zero-order chi connectivity index (χ0) is 14.0. The smallest absolute Gasteiger partial charge is 0.338 e. The van der Waals surface area contributed by atoms with Gasteiger partial charge in [-0.15, -0.1) is 11.3 Å². The van der Waals surface area contributed by atoms with Gasteiger partial charge in [-0.2, -0.15) is 5.10 Å². The number of thiophene rings is 1. The molecule has 3 N–H and O–H groups in total. The van der Waals surface area contributed by atoms with Crippen molar-refractivity contribution < 1.29 is 14.7 Å². The van der Waals surface area contributed by atoms with Crippen molar-refractivity contribution in [3.8, 4) is 0 Å². The Morgan fingerprint density at radius 3 is 2.74 bits per heavy atom. The lowest BCUT2D eigenvalue weighted by molar-refractivity contribution is 0.0698. The largest absolute Gasteiger partial charge is 0.478 e. The van der Waals surface area contributed by atoms with E-state index in [1.165, 1.54) is 17.5 Å². The summed E-state index contributed by atoms with van der Waals surface area (Å²) in [4.78, 5) is 24.0. The fourth-order valence-corrected chi connectivity index (χ4v) is 2.60. The molecule has 0 fully saturated rings. The highest BCUT2D eigenvalue weighted by Crippen LogP contribution is 2.29. The van der Waals surface area contributed by atoms with Crippen molar-refractivity contribution in [2.45, 2.75) is 20.3 Å². The van der Waals surface area contributed by atoms with Gasteiger partial charge in [-0.1, -0.05) is 6.92 Å². The lowest BCUT2D eigenvalue weighted by Gasteiger charge is -2.02. The molecular weight excluding hydrogens is 266 g/mol. The van der Waals surface area contributed by atoms with Crippen LogP contribution < -0.4 is 5.32 Å². The Morgan fingerprint density at radius 1 is 1.47 bits per heavy atom. The van der Waals surface area contributed by atoms with Crippen LogP contribution in [0.5, 0.6) is 0 Å². The van der Waals surface area contributed by atoms with E-state index in [1.54, 1.807) is 13.0 Å². The van der Waals surface area contributed by atoms with Crippen LogP contribution >= 0.6 is 11.3 Å². The maximum Gasteiger partial charge on any atom is 0.338 e. The van der Waals surface area contributed by atoms with E-state index in [1.807, 2.05) is 6.92 Å². The van der Waals surface area contributed by atoms with Crippen molar-refractivity contribution in [3.63, 3.8) is 0 Å². The van der Waals surface area contributed by atoms with Crippen LogP contribution in [0.2, 0.25) is 0 Å². The summed E-state index contributed by atoms with van der Waals surface area (Å²) < 4.78 is 0. The molecule has 100 valence electrons. The fourth-order valence-electron chi connectivity index (χ4n) is 1.62. The minimum Gasteiger partial charge on any atom is -0.478 e. The Morgan fingerprint density at radius 2 is 2.21 bits per heavy atom. The topological polar surface area (TPSA) is 95.1 Å². The number of carbonyl (C=O) groups excluding carboxylic acids is 1. The molecule has 0 bridgehead atoms. The Balaban J connectivity index is 2.28. The number of amides is 1. The van der Waals surface area contributed by atoms with Gasteiger partial charge in [0.2, 0.25) is 0 Å². The molecule has 0 radical (unpaired) electrons. The molecule has 19 heavy (non-hydrogen) atoms. The Bertz CT molecular complexity index is 630. The van der Waals surface area contributed by atoms with E-state index in [9.17, 15) is 9.59 Å². The maximum absolute atomic E-state index is 12.0. The second-order valence-corrected chi connectivity index (χ2v) is 5.11. The molecule has 0 aliphatic carbocycles. The van der Waals surface area contributed by atoms with Crippen LogP contribution in [0.3, 0.4) is 0 Å². The lowest BCUT2D eigenvalue weighted by atomic mass is 10.2. The number of anilines is 1. The van der Waals surface area contributed by atoms with Crippen LogP contribution in [0, 0.1) is 6.92 Å². The number of aromatic amines is 1. The molecule has 2 aromatic rings. The van der Waals surface area contributed by atoms with Gasteiger partial charge in [0.1, 0.15) is 5.00 Å². The molecule has 0 spiro atoms. The number of carboxylic acid groups (broad SMARTS) is 1. The van der Waals surface area contributed by atoms with Gasteiger partial charge in [0.05, 0.1) is 17.3 Å². The minimum atomic E-state index is -1.05. The molecule has 0 saturated heterocycles. The summed E-state index contributed by atoms with van der Waals surface area (Å²) in [5.74, 6) is -1.41. The normalized spacial score (nSPS) is 10.4. The average molecular weight is 279 g/mol. The molecule has 2 rings (SSSR count). The average Bonchev–Trinajstić information content (AvgIpc) is 2.95. The standard InChI is InChI=1S/C12H13N3O3S/c1-3-7-4-8(12(17)18)11(19-7)14-10(16)9-5-13-15-6(9)2/h4-5H,3H2,1-2H3,(H,13,15)(H,14,16)(H,17,18). The second-order valence-electron chi connectivity index (χ2n) is 3.98. The summed E-state index contributed by atoms with van der Waals surface area (Å²) in [5, 5.41) is 18.5. The monoisotopic (exact) mass is 279 g/mol. The van der Waals surface area contributed by atoms with Gasteiger partial charge >= 0.3 is 5.97 Å². The van der Waals surface area contributed by atoms with Gasteiger partial charge in [-0.3, -0.25) is 9.89 Å². The molecule has 7 heteroatoms. The fraction of sp³-hybridized carbons (Fsp3) is 0.250. The molecule has 0 aliphatic rings. The third kappa shape index (κ3) is 2.65. The Labute approximate surface area is 113 Å². The summed E-state index contributed by atoms with van der Waals surface area (Å²) in [5.41, 5.74) is 1.17. The number of aromatic carboxylic acids is 1. The van der Waals surface area contributed by atoms with Crippen LogP contribution in [0.4, 0.5) is 5.00 Å². The number of carboxylic acids is 1. The first-order valence-electron chi connectivity index (χ1n) is 5.70. The molecule has 1 amide bonds.